The van der Waals surface area contributed by atoms with Crippen LogP contribution in [0.3, 0.4) is 0 Å². The van der Waals surface area contributed by atoms with Gasteiger partial charge in [-0.05, 0) is 47.5 Å². The van der Waals surface area contributed by atoms with Gasteiger partial charge in [0.15, 0.2) is 5.76 Å². The summed E-state index contributed by atoms with van der Waals surface area (Å²) >= 11 is 5.82. The van der Waals surface area contributed by atoms with E-state index in [4.69, 9.17) is 16.0 Å². The molecule has 1 N–H and O–H groups in total. The molecule has 0 saturated carbocycles. The molecule has 2 aromatic heterocycles. The lowest BCUT2D eigenvalue weighted by Crippen LogP contribution is -2.20. The zero-order valence-electron chi connectivity index (χ0n) is 12.8. The van der Waals surface area contributed by atoms with Crippen LogP contribution in [0.4, 0.5) is 0 Å². The summed E-state index contributed by atoms with van der Waals surface area (Å²) in [5, 5.41) is 3.49. The summed E-state index contributed by atoms with van der Waals surface area (Å²) in [6.45, 7) is 0.412. The SMILES string of the molecule is O=C(/C=C/c1ccc(Cl)cc1)NCc1ccc(-c2ccco2)nc1. The molecule has 0 atom stereocenters. The molecule has 0 unspecified atom stereocenters. The quantitative estimate of drug-likeness (QED) is 0.705. The summed E-state index contributed by atoms with van der Waals surface area (Å²) in [7, 11) is 0. The Kier molecular flexibility index (Phi) is 5.08. The molecule has 0 aliphatic heterocycles. The second-order valence-corrected chi connectivity index (χ2v) is 5.57. The van der Waals surface area contributed by atoms with E-state index >= 15 is 0 Å². The molecule has 0 spiro atoms. The van der Waals surface area contributed by atoms with Gasteiger partial charge in [-0.15, -0.1) is 0 Å². The van der Waals surface area contributed by atoms with Crippen molar-refractivity contribution in [2.24, 2.45) is 0 Å². The molecule has 0 saturated heterocycles. The van der Waals surface area contributed by atoms with Gasteiger partial charge >= 0.3 is 0 Å². The van der Waals surface area contributed by atoms with Crippen LogP contribution in [-0.2, 0) is 11.3 Å². The molecule has 0 radical (unpaired) electrons. The highest BCUT2D eigenvalue weighted by Crippen LogP contribution is 2.17. The maximum absolute atomic E-state index is 11.9. The number of halogens is 1. The molecule has 2 heterocycles. The van der Waals surface area contributed by atoms with E-state index in [2.05, 4.69) is 10.3 Å². The summed E-state index contributed by atoms with van der Waals surface area (Å²) < 4.78 is 5.29. The van der Waals surface area contributed by atoms with E-state index in [1.54, 1.807) is 30.7 Å². The molecule has 4 nitrogen and oxygen atoms in total. The normalized spacial score (nSPS) is 10.9. The smallest absolute Gasteiger partial charge is 0.244 e. The van der Waals surface area contributed by atoms with Gasteiger partial charge in [-0.1, -0.05) is 29.8 Å². The van der Waals surface area contributed by atoms with Crippen LogP contribution in [0.25, 0.3) is 17.5 Å². The Balaban J connectivity index is 1.53. The van der Waals surface area contributed by atoms with Crippen LogP contribution in [0.15, 0.2) is 71.5 Å². The monoisotopic (exact) mass is 338 g/mol. The van der Waals surface area contributed by atoms with E-state index in [1.165, 1.54) is 6.08 Å². The van der Waals surface area contributed by atoms with Crippen LogP contribution in [0, 0.1) is 0 Å². The molecule has 5 heteroatoms. The number of nitrogens with zero attached hydrogens (tertiary/aromatic N) is 1. The Morgan fingerprint density at radius 3 is 2.67 bits per heavy atom. The van der Waals surface area contributed by atoms with E-state index in [0.717, 1.165) is 22.6 Å². The van der Waals surface area contributed by atoms with Crippen LogP contribution in [0.1, 0.15) is 11.1 Å². The Morgan fingerprint density at radius 1 is 1.17 bits per heavy atom. The van der Waals surface area contributed by atoms with E-state index in [1.807, 2.05) is 36.4 Å². The van der Waals surface area contributed by atoms with Crippen molar-refractivity contribution >= 4 is 23.6 Å². The molecular weight excluding hydrogens is 324 g/mol. The van der Waals surface area contributed by atoms with Crippen LogP contribution >= 0.6 is 11.6 Å². The van der Waals surface area contributed by atoms with E-state index in [9.17, 15) is 4.79 Å². The number of benzene rings is 1. The van der Waals surface area contributed by atoms with Gasteiger partial charge in [0.1, 0.15) is 5.69 Å². The summed E-state index contributed by atoms with van der Waals surface area (Å²) in [6, 6.07) is 14.7. The van der Waals surface area contributed by atoms with Crippen molar-refractivity contribution in [3.63, 3.8) is 0 Å². The topological polar surface area (TPSA) is 55.1 Å². The predicted octanol–water partition coefficient (Wildman–Crippen LogP) is 4.32. The van der Waals surface area contributed by atoms with Crippen LogP contribution in [-0.4, -0.2) is 10.9 Å². The summed E-state index contributed by atoms with van der Waals surface area (Å²) in [4.78, 5) is 16.2. The number of rotatable bonds is 5. The Labute approximate surface area is 144 Å². The average molecular weight is 339 g/mol. The van der Waals surface area contributed by atoms with Crippen molar-refractivity contribution < 1.29 is 9.21 Å². The molecule has 0 fully saturated rings. The van der Waals surface area contributed by atoms with Gasteiger partial charge in [-0.25, -0.2) is 0 Å². The third-order valence-corrected chi connectivity index (χ3v) is 3.61. The lowest BCUT2D eigenvalue weighted by Gasteiger charge is -2.03. The zero-order chi connectivity index (χ0) is 16.8. The minimum absolute atomic E-state index is 0.167. The number of hydrogen-bond donors (Lipinski definition) is 1. The lowest BCUT2D eigenvalue weighted by atomic mass is 10.2. The fourth-order valence-electron chi connectivity index (χ4n) is 2.09. The molecule has 120 valence electrons. The van der Waals surface area contributed by atoms with Crippen molar-refractivity contribution in [1.29, 1.82) is 0 Å². The number of pyridine rings is 1. The highest BCUT2D eigenvalue weighted by Gasteiger charge is 2.02. The summed E-state index contributed by atoms with van der Waals surface area (Å²) in [5.74, 6) is 0.552. The summed E-state index contributed by atoms with van der Waals surface area (Å²) in [6.07, 6.45) is 6.57. The largest absolute Gasteiger partial charge is 0.463 e. The number of furan rings is 1. The first-order valence-electron chi connectivity index (χ1n) is 7.41. The third kappa shape index (κ3) is 4.33. The third-order valence-electron chi connectivity index (χ3n) is 3.36. The number of aromatic nitrogens is 1. The number of amides is 1. The van der Waals surface area contributed by atoms with Gasteiger partial charge in [-0.3, -0.25) is 9.78 Å². The van der Waals surface area contributed by atoms with Gasteiger partial charge in [0.2, 0.25) is 5.91 Å². The Morgan fingerprint density at radius 2 is 2.00 bits per heavy atom. The first kappa shape index (κ1) is 16.0. The number of carbonyl (C=O) groups excluding carboxylic acids is 1. The van der Waals surface area contributed by atoms with Crippen molar-refractivity contribution in [2.75, 3.05) is 0 Å². The molecule has 0 aliphatic carbocycles. The number of hydrogen-bond acceptors (Lipinski definition) is 3. The van der Waals surface area contributed by atoms with Crippen molar-refractivity contribution in [3.8, 4) is 11.5 Å². The maximum atomic E-state index is 11.9. The first-order valence-corrected chi connectivity index (χ1v) is 7.79. The Bertz CT molecular complexity index is 823. The van der Waals surface area contributed by atoms with E-state index < -0.39 is 0 Å². The maximum Gasteiger partial charge on any atom is 0.244 e. The Hall–Kier alpha value is -2.85. The molecule has 1 amide bonds. The van der Waals surface area contributed by atoms with Gasteiger partial charge in [0.05, 0.1) is 6.26 Å². The first-order chi connectivity index (χ1) is 11.7. The fraction of sp³-hybridized carbons (Fsp3) is 0.0526. The molecule has 3 rings (SSSR count). The van der Waals surface area contributed by atoms with Crippen LogP contribution in [0.2, 0.25) is 5.02 Å². The van der Waals surface area contributed by atoms with Gasteiger partial charge < -0.3 is 9.73 Å². The molecule has 0 aliphatic rings. The van der Waals surface area contributed by atoms with E-state index in [-0.39, 0.29) is 5.91 Å². The molecular formula is C19H15ClN2O2. The van der Waals surface area contributed by atoms with Gasteiger partial charge in [0.25, 0.3) is 0 Å². The van der Waals surface area contributed by atoms with Crippen LogP contribution in [0.5, 0.6) is 0 Å². The van der Waals surface area contributed by atoms with E-state index in [0.29, 0.717) is 11.6 Å². The second-order valence-electron chi connectivity index (χ2n) is 5.13. The van der Waals surface area contributed by atoms with Gasteiger partial charge in [0, 0.05) is 23.8 Å². The molecule has 24 heavy (non-hydrogen) atoms. The summed E-state index contributed by atoms with van der Waals surface area (Å²) in [5.41, 5.74) is 2.59. The molecule has 0 bridgehead atoms. The van der Waals surface area contributed by atoms with Crippen LogP contribution < -0.4 is 5.32 Å². The highest BCUT2D eigenvalue weighted by molar-refractivity contribution is 6.30. The highest BCUT2D eigenvalue weighted by atomic mass is 35.5. The van der Waals surface area contributed by atoms with Crippen molar-refractivity contribution in [2.45, 2.75) is 6.54 Å². The second kappa shape index (κ2) is 7.62. The lowest BCUT2D eigenvalue weighted by molar-refractivity contribution is -0.116. The fourth-order valence-corrected chi connectivity index (χ4v) is 2.22. The van der Waals surface area contributed by atoms with Gasteiger partial charge in [-0.2, -0.15) is 0 Å². The average Bonchev–Trinajstić information content (AvgIpc) is 3.14. The van der Waals surface area contributed by atoms with Crippen molar-refractivity contribution in [3.05, 3.63) is 83.2 Å². The zero-order valence-corrected chi connectivity index (χ0v) is 13.5. The predicted molar refractivity (Wildman–Crippen MR) is 94.3 cm³/mol. The van der Waals surface area contributed by atoms with Crippen molar-refractivity contribution in [1.82, 2.24) is 10.3 Å². The minimum Gasteiger partial charge on any atom is -0.463 e. The minimum atomic E-state index is -0.167. The number of nitrogens with one attached hydrogen (secondary N) is 1. The molecule has 3 aromatic rings. The standard InChI is InChI=1S/C19H15ClN2O2/c20-16-7-3-14(4-8-16)6-10-19(23)22-13-15-5-9-17(21-12-15)18-2-1-11-24-18/h1-12H,13H2,(H,22,23)/b10-6+. The molecule has 1 aromatic carbocycles. The number of carbonyl (C=O) groups is 1.